The second kappa shape index (κ2) is 8.55. The molecule has 30 heavy (non-hydrogen) atoms. The lowest BCUT2D eigenvalue weighted by atomic mass is 10.2. The van der Waals surface area contributed by atoms with Crippen LogP contribution in [0.15, 0.2) is 45.8 Å². The average molecular weight is 470 g/mol. The molecule has 0 atom stereocenters. The van der Waals surface area contributed by atoms with Gasteiger partial charge >= 0.3 is 0 Å². The topological polar surface area (TPSA) is 111 Å². The van der Waals surface area contributed by atoms with Gasteiger partial charge in [-0.05, 0) is 50.2 Å². The summed E-state index contributed by atoms with van der Waals surface area (Å²) in [5, 5.41) is 6.76. The van der Waals surface area contributed by atoms with Gasteiger partial charge < -0.3 is 14.6 Å². The number of aryl methyl sites for hydroxylation is 1. The number of nitrogens with zero attached hydrogens (tertiary/aromatic N) is 1. The molecule has 0 aliphatic heterocycles. The zero-order valence-corrected chi connectivity index (χ0v) is 18.4. The normalized spacial score (nSPS) is 11.2. The summed E-state index contributed by atoms with van der Waals surface area (Å²) in [7, 11) is -2.47. The largest absolute Gasteiger partial charge is 0.494 e. The van der Waals surface area contributed by atoms with Crippen LogP contribution in [0.4, 0.5) is 11.6 Å². The smallest absolute Gasteiger partial charge is 0.264 e. The molecule has 3 rings (SSSR count). The maximum absolute atomic E-state index is 12.5. The van der Waals surface area contributed by atoms with Gasteiger partial charge in [-0.3, -0.25) is 4.79 Å². The zero-order valence-electron chi connectivity index (χ0n) is 16.1. The number of amides is 1. The van der Waals surface area contributed by atoms with Crippen molar-refractivity contribution in [1.29, 1.82) is 0 Å². The molecule has 1 amide bonds. The van der Waals surface area contributed by atoms with Gasteiger partial charge in [0.1, 0.15) is 0 Å². The van der Waals surface area contributed by atoms with E-state index in [0.717, 1.165) is 0 Å². The Morgan fingerprint density at radius 3 is 2.20 bits per heavy atom. The van der Waals surface area contributed by atoms with Crippen molar-refractivity contribution in [3.63, 3.8) is 0 Å². The van der Waals surface area contributed by atoms with E-state index in [1.807, 2.05) is 0 Å². The number of sulfonamides is 1. The van der Waals surface area contributed by atoms with E-state index in [9.17, 15) is 13.2 Å². The standard InChI is InChI=1S/C19H17Cl2N3O5S/c1-10-11(2)23-29-19(10)24-30(26,27)14-6-4-13(5-7-14)22-18(25)12-8-15(20)17(28-3)16(21)9-12/h4-9,24H,1-3H3,(H,22,25). The molecule has 2 aromatic carbocycles. The van der Waals surface area contributed by atoms with E-state index in [0.29, 0.717) is 16.9 Å². The van der Waals surface area contributed by atoms with Gasteiger partial charge in [0.05, 0.1) is 27.7 Å². The maximum atomic E-state index is 12.5. The lowest BCUT2D eigenvalue weighted by Gasteiger charge is -2.10. The van der Waals surface area contributed by atoms with Crippen molar-refractivity contribution in [3.8, 4) is 5.75 Å². The van der Waals surface area contributed by atoms with Gasteiger partial charge in [-0.2, -0.15) is 0 Å². The number of methoxy groups -OCH3 is 1. The Labute approximate surface area is 183 Å². The maximum Gasteiger partial charge on any atom is 0.264 e. The van der Waals surface area contributed by atoms with E-state index in [4.69, 9.17) is 32.5 Å². The number of carbonyl (C=O) groups is 1. The molecule has 0 saturated heterocycles. The van der Waals surface area contributed by atoms with E-state index in [1.54, 1.807) is 13.8 Å². The fraction of sp³-hybridized carbons (Fsp3) is 0.158. The van der Waals surface area contributed by atoms with Crippen molar-refractivity contribution >= 4 is 50.7 Å². The van der Waals surface area contributed by atoms with Gasteiger partial charge in [0.2, 0.25) is 5.88 Å². The molecule has 0 aliphatic carbocycles. The number of nitrogens with one attached hydrogen (secondary N) is 2. The van der Waals surface area contributed by atoms with Crippen molar-refractivity contribution in [3.05, 3.63) is 63.3 Å². The van der Waals surface area contributed by atoms with Crippen molar-refractivity contribution in [2.75, 3.05) is 17.1 Å². The SMILES string of the molecule is COc1c(Cl)cc(C(=O)Nc2ccc(S(=O)(=O)Nc3onc(C)c3C)cc2)cc1Cl. The first-order valence-electron chi connectivity index (χ1n) is 8.52. The zero-order chi connectivity index (χ0) is 22.1. The predicted octanol–water partition coefficient (Wildman–Crippen LogP) is 4.66. The van der Waals surface area contributed by atoms with E-state index in [-0.39, 0.29) is 32.1 Å². The molecule has 1 heterocycles. The molecule has 11 heteroatoms. The van der Waals surface area contributed by atoms with E-state index < -0.39 is 15.9 Å². The molecule has 8 nitrogen and oxygen atoms in total. The third-order valence-corrected chi connectivity index (χ3v) is 6.18. The first-order valence-corrected chi connectivity index (χ1v) is 10.8. The van der Waals surface area contributed by atoms with Crippen LogP contribution >= 0.6 is 23.2 Å². The Bertz CT molecular complexity index is 1180. The summed E-state index contributed by atoms with van der Waals surface area (Å²) >= 11 is 12.1. The molecule has 0 radical (unpaired) electrons. The second-order valence-corrected chi connectivity index (χ2v) is 8.78. The molecule has 158 valence electrons. The molecule has 0 spiro atoms. The Morgan fingerprint density at radius 1 is 1.10 bits per heavy atom. The summed E-state index contributed by atoms with van der Waals surface area (Å²) in [5.41, 5.74) is 1.79. The minimum atomic E-state index is -3.88. The van der Waals surface area contributed by atoms with Crippen LogP contribution in [0, 0.1) is 13.8 Å². The number of benzene rings is 2. The average Bonchev–Trinajstić information content (AvgIpc) is 2.99. The molecule has 0 saturated carbocycles. The minimum absolute atomic E-state index is 0.00973. The van der Waals surface area contributed by atoms with E-state index in [2.05, 4.69) is 15.2 Å². The molecule has 0 unspecified atom stereocenters. The van der Waals surface area contributed by atoms with Gasteiger partial charge in [-0.15, -0.1) is 0 Å². The predicted molar refractivity (Wildman–Crippen MR) is 114 cm³/mol. The Balaban J connectivity index is 1.76. The Morgan fingerprint density at radius 2 is 1.70 bits per heavy atom. The lowest BCUT2D eigenvalue weighted by Crippen LogP contribution is -2.14. The number of hydrogen-bond donors (Lipinski definition) is 2. The van der Waals surface area contributed by atoms with Crippen LogP contribution in [0.3, 0.4) is 0 Å². The van der Waals surface area contributed by atoms with Crippen LogP contribution in [0.1, 0.15) is 21.6 Å². The highest BCUT2D eigenvalue weighted by Gasteiger charge is 2.19. The molecule has 0 aliphatic rings. The quantitative estimate of drug-likeness (QED) is 0.542. The van der Waals surface area contributed by atoms with Crippen molar-refractivity contribution < 1.29 is 22.5 Å². The van der Waals surface area contributed by atoms with Crippen LogP contribution in [0.25, 0.3) is 0 Å². The number of ether oxygens (including phenoxy) is 1. The first kappa shape index (κ1) is 21.9. The summed E-state index contributed by atoms with van der Waals surface area (Å²) in [6, 6.07) is 8.46. The fourth-order valence-electron chi connectivity index (χ4n) is 2.50. The van der Waals surface area contributed by atoms with Gasteiger partial charge in [-0.1, -0.05) is 28.4 Å². The van der Waals surface area contributed by atoms with Crippen LogP contribution in [-0.2, 0) is 10.0 Å². The number of anilines is 2. The van der Waals surface area contributed by atoms with Gasteiger partial charge in [-0.25, -0.2) is 13.1 Å². The molecule has 1 aromatic heterocycles. The first-order chi connectivity index (χ1) is 14.1. The number of carbonyl (C=O) groups excluding carboxylic acids is 1. The summed E-state index contributed by atoms with van der Waals surface area (Å²) < 4.78 is 37.4. The monoisotopic (exact) mass is 469 g/mol. The van der Waals surface area contributed by atoms with E-state index in [1.165, 1.54) is 43.5 Å². The molecule has 3 aromatic rings. The van der Waals surface area contributed by atoms with Crippen LogP contribution in [-0.4, -0.2) is 26.6 Å². The molecule has 0 fully saturated rings. The van der Waals surface area contributed by atoms with Gasteiger partial charge in [0, 0.05) is 16.8 Å². The third-order valence-electron chi connectivity index (χ3n) is 4.27. The van der Waals surface area contributed by atoms with Crippen LogP contribution in [0.5, 0.6) is 5.75 Å². The Hall–Kier alpha value is -2.75. The fourth-order valence-corrected chi connectivity index (χ4v) is 4.19. The summed E-state index contributed by atoms with van der Waals surface area (Å²) in [6.07, 6.45) is 0. The lowest BCUT2D eigenvalue weighted by molar-refractivity contribution is 0.102. The third kappa shape index (κ3) is 4.53. The van der Waals surface area contributed by atoms with Crippen molar-refractivity contribution in [1.82, 2.24) is 5.16 Å². The van der Waals surface area contributed by atoms with Crippen molar-refractivity contribution in [2.24, 2.45) is 0 Å². The van der Waals surface area contributed by atoms with Crippen molar-refractivity contribution in [2.45, 2.75) is 18.7 Å². The summed E-state index contributed by atoms with van der Waals surface area (Å²) in [6.45, 7) is 3.40. The second-order valence-electron chi connectivity index (χ2n) is 6.28. The highest BCUT2D eigenvalue weighted by Crippen LogP contribution is 2.34. The van der Waals surface area contributed by atoms with Gasteiger partial charge in [0.15, 0.2) is 5.75 Å². The van der Waals surface area contributed by atoms with E-state index >= 15 is 0 Å². The number of halogens is 2. The highest BCUT2D eigenvalue weighted by atomic mass is 35.5. The Kier molecular flexibility index (Phi) is 6.25. The number of hydrogen-bond acceptors (Lipinski definition) is 6. The minimum Gasteiger partial charge on any atom is -0.494 e. The van der Waals surface area contributed by atoms with Gasteiger partial charge in [0.25, 0.3) is 15.9 Å². The number of aromatic nitrogens is 1. The highest BCUT2D eigenvalue weighted by molar-refractivity contribution is 7.92. The summed E-state index contributed by atoms with van der Waals surface area (Å²) in [5.74, 6) is -0.143. The molecular weight excluding hydrogens is 453 g/mol. The van der Waals surface area contributed by atoms with Crippen LogP contribution in [0.2, 0.25) is 10.0 Å². The molecular formula is C19H17Cl2N3O5S. The van der Waals surface area contributed by atoms with Crippen LogP contribution < -0.4 is 14.8 Å². The summed E-state index contributed by atoms with van der Waals surface area (Å²) in [4.78, 5) is 12.5. The number of rotatable bonds is 6. The molecule has 2 N–H and O–H groups in total. The molecule has 0 bridgehead atoms.